The summed E-state index contributed by atoms with van der Waals surface area (Å²) in [5.74, 6) is -0.412. The summed E-state index contributed by atoms with van der Waals surface area (Å²) < 4.78 is 10.7. The van der Waals surface area contributed by atoms with Crippen LogP contribution >= 0.6 is 0 Å². The average Bonchev–Trinajstić information content (AvgIpc) is 2.72. The van der Waals surface area contributed by atoms with Crippen LogP contribution < -0.4 is 10.1 Å². The number of hydrogen-bond acceptors (Lipinski definition) is 4. The fraction of sp³-hybridized carbons (Fsp3) is 0.200. The topological polar surface area (TPSA) is 64.6 Å². The average molecular weight is 403 g/mol. The third-order valence-corrected chi connectivity index (χ3v) is 4.50. The van der Waals surface area contributed by atoms with E-state index in [-0.39, 0.29) is 6.61 Å². The molecule has 3 aromatic carbocycles. The molecule has 0 fully saturated rings. The van der Waals surface area contributed by atoms with Crippen molar-refractivity contribution in [2.45, 2.75) is 26.9 Å². The van der Waals surface area contributed by atoms with Gasteiger partial charge in [-0.3, -0.25) is 4.79 Å². The molecule has 5 nitrogen and oxygen atoms in total. The number of carbonyl (C=O) groups excluding carboxylic acids is 2. The lowest BCUT2D eigenvalue weighted by Gasteiger charge is -2.16. The van der Waals surface area contributed by atoms with Crippen molar-refractivity contribution >= 4 is 17.6 Å². The number of nitrogens with one attached hydrogen (secondary N) is 1. The minimum atomic E-state index is -0.954. The van der Waals surface area contributed by atoms with Gasteiger partial charge in [0.25, 0.3) is 5.91 Å². The first-order valence-electron chi connectivity index (χ1n) is 9.78. The maximum atomic E-state index is 12.6. The Kier molecular flexibility index (Phi) is 6.86. The lowest BCUT2D eigenvalue weighted by atomic mass is 10.0. The number of rotatable bonds is 7. The van der Waals surface area contributed by atoms with E-state index in [0.717, 1.165) is 22.3 Å². The van der Waals surface area contributed by atoms with Crippen LogP contribution in [0.15, 0.2) is 72.8 Å². The molecule has 1 N–H and O–H groups in total. The molecule has 3 rings (SSSR count). The van der Waals surface area contributed by atoms with Crippen LogP contribution in [0.5, 0.6) is 5.75 Å². The van der Waals surface area contributed by atoms with Gasteiger partial charge in [-0.1, -0.05) is 54.6 Å². The highest BCUT2D eigenvalue weighted by Crippen LogP contribution is 2.27. The Hall–Kier alpha value is -3.60. The molecule has 0 aromatic heterocycles. The Bertz CT molecular complexity index is 1010. The molecule has 1 amide bonds. The van der Waals surface area contributed by atoms with Gasteiger partial charge < -0.3 is 14.8 Å². The first-order valence-corrected chi connectivity index (χ1v) is 9.78. The van der Waals surface area contributed by atoms with Crippen LogP contribution in [0.3, 0.4) is 0 Å². The van der Waals surface area contributed by atoms with Crippen molar-refractivity contribution in [2.75, 3.05) is 11.9 Å². The zero-order valence-electron chi connectivity index (χ0n) is 17.3. The van der Waals surface area contributed by atoms with Gasteiger partial charge >= 0.3 is 5.97 Å². The maximum absolute atomic E-state index is 12.6. The predicted molar refractivity (Wildman–Crippen MR) is 117 cm³/mol. The van der Waals surface area contributed by atoms with E-state index >= 15 is 0 Å². The van der Waals surface area contributed by atoms with E-state index in [1.807, 2.05) is 86.6 Å². The second-order valence-corrected chi connectivity index (χ2v) is 7.15. The number of aryl methyl sites for hydroxylation is 2. The van der Waals surface area contributed by atoms with Crippen molar-refractivity contribution < 1.29 is 19.1 Å². The van der Waals surface area contributed by atoms with Gasteiger partial charge in [-0.05, 0) is 55.7 Å². The number of benzene rings is 3. The normalized spacial score (nSPS) is 11.4. The van der Waals surface area contributed by atoms with E-state index in [1.165, 1.54) is 6.92 Å². The molecule has 0 unspecified atom stereocenters. The number of carbonyl (C=O) groups is 2. The molecule has 0 aliphatic carbocycles. The van der Waals surface area contributed by atoms with Crippen molar-refractivity contribution in [1.29, 1.82) is 0 Å². The number of para-hydroxylation sites is 1. The second kappa shape index (κ2) is 9.74. The van der Waals surface area contributed by atoms with Gasteiger partial charge in [-0.15, -0.1) is 0 Å². The van der Waals surface area contributed by atoms with Gasteiger partial charge in [0.2, 0.25) is 0 Å². The van der Waals surface area contributed by atoms with Gasteiger partial charge in [0, 0.05) is 11.3 Å². The highest BCUT2D eigenvalue weighted by Gasteiger charge is 2.19. The van der Waals surface area contributed by atoms with Gasteiger partial charge in [-0.25, -0.2) is 4.79 Å². The van der Waals surface area contributed by atoms with E-state index < -0.39 is 18.0 Å². The molecule has 0 aliphatic heterocycles. The Morgan fingerprint density at radius 1 is 0.900 bits per heavy atom. The zero-order valence-corrected chi connectivity index (χ0v) is 17.3. The summed E-state index contributed by atoms with van der Waals surface area (Å²) >= 11 is 0. The smallest absolute Gasteiger partial charge is 0.344 e. The molecule has 154 valence electrons. The molecule has 5 heteroatoms. The standard InChI is InChI=1S/C25H25NO4/c1-17-13-18(2)15-21(14-17)29-16-24(27)30-19(3)25(28)26-23-12-8-7-11-22(23)20-9-5-4-6-10-20/h4-15,19H,16H2,1-3H3,(H,26,28)/t19-/m1/s1. The van der Waals surface area contributed by atoms with Crippen LogP contribution in [0.2, 0.25) is 0 Å². The summed E-state index contributed by atoms with van der Waals surface area (Å²) in [6.45, 7) is 5.19. The molecule has 0 saturated heterocycles. The Morgan fingerprint density at radius 2 is 1.53 bits per heavy atom. The summed E-state index contributed by atoms with van der Waals surface area (Å²) in [5, 5.41) is 2.85. The van der Waals surface area contributed by atoms with E-state index in [4.69, 9.17) is 9.47 Å². The number of hydrogen-bond donors (Lipinski definition) is 1. The largest absolute Gasteiger partial charge is 0.482 e. The Balaban J connectivity index is 1.58. The molecule has 1 atom stereocenters. The third kappa shape index (κ3) is 5.70. The molecule has 0 aliphatic rings. The monoisotopic (exact) mass is 403 g/mol. The fourth-order valence-electron chi connectivity index (χ4n) is 3.14. The van der Waals surface area contributed by atoms with Gasteiger partial charge in [0.05, 0.1) is 0 Å². The second-order valence-electron chi connectivity index (χ2n) is 7.15. The molecule has 0 heterocycles. The van der Waals surface area contributed by atoms with Gasteiger partial charge in [0.15, 0.2) is 12.7 Å². The van der Waals surface area contributed by atoms with Crippen LogP contribution in [0, 0.1) is 13.8 Å². The van der Waals surface area contributed by atoms with E-state index in [0.29, 0.717) is 11.4 Å². The molecule has 0 bridgehead atoms. The summed E-state index contributed by atoms with van der Waals surface area (Å²) in [5.41, 5.74) is 4.62. The van der Waals surface area contributed by atoms with Crippen LogP contribution in [0.25, 0.3) is 11.1 Å². The molecular weight excluding hydrogens is 378 g/mol. The number of anilines is 1. The quantitative estimate of drug-likeness (QED) is 0.569. The van der Waals surface area contributed by atoms with Crippen molar-refractivity contribution in [3.8, 4) is 16.9 Å². The first kappa shape index (κ1) is 21.1. The summed E-state index contributed by atoms with van der Waals surface area (Å²) in [4.78, 5) is 24.7. The fourth-order valence-corrected chi connectivity index (χ4v) is 3.14. The zero-order chi connectivity index (χ0) is 21.5. The van der Waals surface area contributed by atoms with E-state index in [1.54, 1.807) is 0 Å². The highest BCUT2D eigenvalue weighted by molar-refractivity contribution is 5.98. The molecule has 3 aromatic rings. The van der Waals surface area contributed by atoms with Crippen LogP contribution in [0.4, 0.5) is 5.69 Å². The van der Waals surface area contributed by atoms with E-state index in [9.17, 15) is 9.59 Å². The highest BCUT2D eigenvalue weighted by atomic mass is 16.6. The molecular formula is C25H25NO4. The summed E-state index contributed by atoms with van der Waals surface area (Å²) in [6.07, 6.45) is -0.954. The number of amides is 1. The Labute approximate surface area is 176 Å². The van der Waals surface area contributed by atoms with Crippen molar-refractivity contribution in [2.24, 2.45) is 0 Å². The Morgan fingerprint density at radius 3 is 2.23 bits per heavy atom. The minimum Gasteiger partial charge on any atom is -0.482 e. The number of esters is 1. The molecule has 30 heavy (non-hydrogen) atoms. The first-order chi connectivity index (χ1) is 14.4. The van der Waals surface area contributed by atoms with E-state index in [2.05, 4.69) is 5.32 Å². The summed E-state index contributed by atoms with van der Waals surface area (Å²) in [7, 11) is 0. The van der Waals surface area contributed by atoms with Crippen LogP contribution in [-0.4, -0.2) is 24.6 Å². The molecule has 0 saturated carbocycles. The minimum absolute atomic E-state index is 0.263. The van der Waals surface area contributed by atoms with Gasteiger partial charge in [0.1, 0.15) is 5.75 Å². The predicted octanol–water partition coefficient (Wildman–Crippen LogP) is 4.92. The third-order valence-electron chi connectivity index (χ3n) is 4.50. The maximum Gasteiger partial charge on any atom is 0.344 e. The van der Waals surface area contributed by atoms with Crippen LogP contribution in [-0.2, 0) is 14.3 Å². The van der Waals surface area contributed by atoms with Crippen molar-refractivity contribution in [3.63, 3.8) is 0 Å². The van der Waals surface area contributed by atoms with Crippen LogP contribution in [0.1, 0.15) is 18.1 Å². The molecule has 0 spiro atoms. The summed E-state index contributed by atoms with van der Waals surface area (Å²) in [6, 6.07) is 23.0. The lowest BCUT2D eigenvalue weighted by Crippen LogP contribution is -2.31. The number of ether oxygens (including phenoxy) is 2. The van der Waals surface area contributed by atoms with Crippen molar-refractivity contribution in [3.05, 3.63) is 83.9 Å². The molecule has 0 radical (unpaired) electrons. The lowest BCUT2D eigenvalue weighted by molar-refractivity contribution is -0.155. The van der Waals surface area contributed by atoms with Gasteiger partial charge in [-0.2, -0.15) is 0 Å². The SMILES string of the molecule is Cc1cc(C)cc(OCC(=O)O[C@H](C)C(=O)Nc2ccccc2-c2ccccc2)c1. The van der Waals surface area contributed by atoms with Crippen molar-refractivity contribution in [1.82, 2.24) is 0 Å².